The van der Waals surface area contributed by atoms with Gasteiger partial charge in [0.05, 0.1) is 6.04 Å². The number of rotatable bonds is 5. The molecule has 4 nitrogen and oxygen atoms in total. The molecule has 1 aromatic rings. The quantitative estimate of drug-likeness (QED) is 0.909. The van der Waals surface area contributed by atoms with E-state index >= 15 is 0 Å². The van der Waals surface area contributed by atoms with E-state index in [-0.39, 0.29) is 17.8 Å². The van der Waals surface area contributed by atoms with Crippen LogP contribution in [0.15, 0.2) is 24.3 Å². The van der Waals surface area contributed by atoms with Gasteiger partial charge in [0.2, 0.25) is 5.91 Å². The van der Waals surface area contributed by atoms with Crippen LogP contribution in [0.5, 0.6) is 5.75 Å². The van der Waals surface area contributed by atoms with Gasteiger partial charge in [-0.2, -0.15) is 0 Å². The normalized spacial score (nSPS) is 17.6. The van der Waals surface area contributed by atoms with Gasteiger partial charge in [0.1, 0.15) is 17.7 Å². The van der Waals surface area contributed by atoms with E-state index in [0.29, 0.717) is 31.2 Å². The van der Waals surface area contributed by atoms with Crippen molar-refractivity contribution in [3.63, 3.8) is 0 Å². The van der Waals surface area contributed by atoms with Gasteiger partial charge >= 0.3 is 0 Å². The summed E-state index contributed by atoms with van der Waals surface area (Å²) in [7, 11) is 0. The Bertz CT molecular complexity index is 482. The summed E-state index contributed by atoms with van der Waals surface area (Å²) >= 11 is 0. The number of nitrogens with zero attached hydrogens (tertiary/aromatic N) is 1. The second kappa shape index (κ2) is 7.58. The third-order valence-electron chi connectivity index (χ3n) is 3.91. The molecule has 5 heteroatoms. The number of nitrogens with two attached hydrogens (primary N) is 1. The first-order valence-corrected chi connectivity index (χ1v) is 7.92. The number of amides is 1. The molecule has 122 valence electrons. The molecule has 0 unspecified atom stereocenters. The summed E-state index contributed by atoms with van der Waals surface area (Å²) in [5.41, 5.74) is 5.96. The predicted octanol–water partition coefficient (Wildman–Crippen LogP) is 2.57. The average Bonchev–Trinajstić information content (AvgIpc) is 2.49. The highest BCUT2D eigenvalue weighted by Gasteiger charge is 2.27. The Labute approximate surface area is 131 Å². The van der Waals surface area contributed by atoms with Crippen molar-refractivity contribution in [1.82, 2.24) is 4.90 Å². The second-order valence-corrected chi connectivity index (χ2v) is 6.33. The third-order valence-corrected chi connectivity index (χ3v) is 3.91. The van der Waals surface area contributed by atoms with Gasteiger partial charge < -0.3 is 15.4 Å². The van der Waals surface area contributed by atoms with Crippen LogP contribution in [0.2, 0.25) is 0 Å². The molecule has 0 radical (unpaired) electrons. The Morgan fingerprint density at radius 2 is 1.91 bits per heavy atom. The largest absolute Gasteiger partial charge is 0.490 e. The molecule has 1 amide bonds. The van der Waals surface area contributed by atoms with Gasteiger partial charge in [0.25, 0.3) is 0 Å². The van der Waals surface area contributed by atoms with Crippen molar-refractivity contribution in [3.8, 4) is 5.75 Å². The summed E-state index contributed by atoms with van der Waals surface area (Å²) in [5.74, 6) is 0.849. The molecule has 0 saturated carbocycles. The third kappa shape index (κ3) is 4.70. The topological polar surface area (TPSA) is 55.6 Å². The lowest BCUT2D eigenvalue weighted by atomic mass is 10.0. The molecular formula is C17H25FN2O2. The molecule has 1 aliphatic heterocycles. The number of halogens is 1. The van der Waals surface area contributed by atoms with Crippen LogP contribution in [0.4, 0.5) is 4.39 Å². The first kappa shape index (κ1) is 16.7. The lowest BCUT2D eigenvalue weighted by Crippen LogP contribution is -2.49. The zero-order valence-corrected chi connectivity index (χ0v) is 13.3. The molecule has 1 atom stereocenters. The number of hydrogen-bond acceptors (Lipinski definition) is 3. The minimum absolute atomic E-state index is 0.0360. The summed E-state index contributed by atoms with van der Waals surface area (Å²) in [6.07, 6.45) is 2.33. The van der Waals surface area contributed by atoms with Gasteiger partial charge in [-0.3, -0.25) is 4.79 Å². The highest BCUT2D eigenvalue weighted by molar-refractivity contribution is 5.81. The standard InChI is InChI=1S/C17H25FN2O2/c1-12(2)11-16(19)17(21)20-9-7-15(8-10-20)22-14-5-3-13(18)4-6-14/h3-6,12,15-16H,7-11,19H2,1-2H3/t16-/m0/s1. The van der Waals surface area contributed by atoms with Gasteiger partial charge in [-0.15, -0.1) is 0 Å². The molecule has 1 aliphatic rings. The van der Waals surface area contributed by atoms with Gasteiger partial charge in [-0.25, -0.2) is 4.39 Å². The lowest BCUT2D eigenvalue weighted by Gasteiger charge is -2.33. The van der Waals surface area contributed by atoms with Crippen molar-refractivity contribution in [2.24, 2.45) is 11.7 Å². The fraction of sp³-hybridized carbons (Fsp3) is 0.588. The van der Waals surface area contributed by atoms with Crippen LogP contribution in [0.3, 0.4) is 0 Å². The summed E-state index contributed by atoms with van der Waals surface area (Å²) in [6.45, 7) is 5.46. The molecule has 1 saturated heterocycles. The molecular weight excluding hydrogens is 283 g/mol. The number of carbonyl (C=O) groups excluding carboxylic acids is 1. The number of ether oxygens (including phenoxy) is 1. The fourth-order valence-electron chi connectivity index (χ4n) is 2.74. The van der Waals surface area contributed by atoms with Gasteiger partial charge in [0, 0.05) is 25.9 Å². The number of piperidine rings is 1. The molecule has 0 spiro atoms. The van der Waals surface area contributed by atoms with Crippen LogP contribution >= 0.6 is 0 Å². The summed E-state index contributed by atoms with van der Waals surface area (Å²) in [5, 5.41) is 0. The van der Waals surface area contributed by atoms with E-state index in [0.717, 1.165) is 12.8 Å². The summed E-state index contributed by atoms with van der Waals surface area (Å²) in [4.78, 5) is 14.1. The van der Waals surface area contributed by atoms with Crippen LogP contribution in [0.1, 0.15) is 33.1 Å². The van der Waals surface area contributed by atoms with Crippen molar-refractivity contribution in [2.45, 2.75) is 45.3 Å². The SMILES string of the molecule is CC(C)C[C@H](N)C(=O)N1CCC(Oc2ccc(F)cc2)CC1. The monoisotopic (exact) mass is 308 g/mol. The minimum Gasteiger partial charge on any atom is -0.490 e. The molecule has 0 aliphatic carbocycles. The van der Waals surface area contributed by atoms with Crippen LogP contribution in [0, 0.1) is 11.7 Å². The molecule has 0 aromatic heterocycles. The van der Waals surface area contributed by atoms with E-state index in [2.05, 4.69) is 13.8 Å². The predicted molar refractivity (Wildman–Crippen MR) is 84.1 cm³/mol. The molecule has 2 rings (SSSR count). The van der Waals surface area contributed by atoms with Crippen molar-refractivity contribution < 1.29 is 13.9 Å². The second-order valence-electron chi connectivity index (χ2n) is 6.33. The number of likely N-dealkylation sites (tertiary alicyclic amines) is 1. The molecule has 1 heterocycles. The van der Waals surface area contributed by atoms with E-state index in [4.69, 9.17) is 10.5 Å². The molecule has 22 heavy (non-hydrogen) atoms. The van der Waals surface area contributed by atoms with Crippen LogP contribution in [0.25, 0.3) is 0 Å². The van der Waals surface area contributed by atoms with E-state index < -0.39 is 6.04 Å². The van der Waals surface area contributed by atoms with E-state index in [1.165, 1.54) is 12.1 Å². The van der Waals surface area contributed by atoms with E-state index in [1.807, 2.05) is 4.90 Å². The Balaban J connectivity index is 1.80. The smallest absolute Gasteiger partial charge is 0.239 e. The van der Waals surface area contributed by atoms with Gasteiger partial charge in [-0.1, -0.05) is 13.8 Å². The molecule has 0 bridgehead atoms. The van der Waals surface area contributed by atoms with Crippen molar-refractivity contribution >= 4 is 5.91 Å². The molecule has 2 N–H and O–H groups in total. The summed E-state index contributed by atoms with van der Waals surface area (Å²) < 4.78 is 18.7. The zero-order valence-electron chi connectivity index (χ0n) is 13.3. The van der Waals surface area contributed by atoms with Crippen molar-refractivity contribution in [3.05, 3.63) is 30.1 Å². The van der Waals surface area contributed by atoms with E-state index in [1.54, 1.807) is 12.1 Å². The minimum atomic E-state index is -0.408. The van der Waals surface area contributed by atoms with Crippen LogP contribution < -0.4 is 10.5 Å². The fourth-order valence-corrected chi connectivity index (χ4v) is 2.74. The van der Waals surface area contributed by atoms with Crippen molar-refractivity contribution in [1.29, 1.82) is 0 Å². The first-order chi connectivity index (χ1) is 10.5. The zero-order chi connectivity index (χ0) is 16.1. The van der Waals surface area contributed by atoms with Gasteiger partial charge in [-0.05, 0) is 36.6 Å². The number of hydrogen-bond donors (Lipinski definition) is 1. The Hall–Kier alpha value is -1.62. The maximum absolute atomic E-state index is 12.9. The Morgan fingerprint density at radius 3 is 2.45 bits per heavy atom. The van der Waals surface area contributed by atoms with Gasteiger partial charge in [0.15, 0.2) is 0 Å². The van der Waals surface area contributed by atoms with Crippen molar-refractivity contribution in [2.75, 3.05) is 13.1 Å². The highest BCUT2D eigenvalue weighted by atomic mass is 19.1. The first-order valence-electron chi connectivity index (χ1n) is 7.92. The summed E-state index contributed by atoms with van der Waals surface area (Å²) in [6, 6.07) is 5.63. The maximum Gasteiger partial charge on any atom is 0.239 e. The number of carbonyl (C=O) groups is 1. The molecule has 1 fully saturated rings. The maximum atomic E-state index is 12.9. The highest BCUT2D eigenvalue weighted by Crippen LogP contribution is 2.20. The molecule has 1 aromatic carbocycles. The number of benzene rings is 1. The van der Waals surface area contributed by atoms with Crippen LogP contribution in [-0.2, 0) is 4.79 Å². The van der Waals surface area contributed by atoms with Crippen LogP contribution in [-0.4, -0.2) is 36.0 Å². The Morgan fingerprint density at radius 1 is 1.32 bits per heavy atom. The lowest BCUT2D eigenvalue weighted by molar-refractivity contribution is -0.134. The Kier molecular flexibility index (Phi) is 5.77. The van der Waals surface area contributed by atoms with E-state index in [9.17, 15) is 9.18 Å². The average molecular weight is 308 g/mol.